The van der Waals surface area contributed by atoms with Gasteiger partial charge in [0.05, 0.1) is 12.1 Å². The Labute approximate surface area is 94.0 Å². The van der Waals surface area contributed by atoms with Crippen molar-refractivity contribution >= 4 is 23.2 Å². The summed E-state index contributed by atoms with van der Waals surface area (Å²) in [7, 11) is 1.56. The van der Waals surface area contributed by atoms with Gasteiger partial charge < -0.3 is 10.5 Å². The van der Waals surface area contributed by atoms with Crippen LogP contribution in [0.25, 0.3) is 0 Å². The summed E-state index contributed by atoms with van der Waals surface area (Å²) in [5, 5.41) is 1.20. The summed E-state index contributed by atoms with van der Waals surface area (Å²) in [5.41, 5.74) is 6.61. The molecule has 0 spiro atoms. The van der Waals surface area contributed by atoms with E-state index in [0.29, 0.717) is 22.2 Å². The number of rotatable bonds is 3. The van der Waals surface area contributed by atoms with Crippen molar-refractivity contribution in [3.8, 4) is 5.75 Å². The monoisotopic (exact) mass is 233 g/mol. The van der Waals surface area contributed by atoms with Crippen LogP contribution in [0.5, 0.6) is 5.75 Å². The minimum atomic E-state index is 0.0515. The SMILES string of the molecule is COc1cc(Cl)cc(CC(C)N)c1Cl. The molecule has 0 saturated heterocycles. The van der Waals surface area contributed by atoms with Gasteiger partial charge in [-0.05, 0) is 25.0 Å². The fraction of sp³-hybridized carbons (Fsp3) is 0.400. The van der Waals surface area contributed by atoms with Gasteiger partial charge in [0.2, 0.25) is 0 Å². The van der Waals surface area contributed by atoms with Crippen molar-refractivity contribution in [3.63, 3.8) is 0 Å². The zero-order chi connectivity index (χ0) is 10.7. The third-order valence-corrected chi connectivity index (χ3v) is 2.49. The van der Waals surface area contributed by atoms with Crippen molar-refractivity contribution in [3.05, 3.63) is 27.7 Å². The molecule has 14 heavy (non-hydrogen) atoms. The third kappa shape index (κ3) is 2.77. The second-order valence-electron chi connectivity index (χ2n) is 3.26. The first kappa shape index (κ1) is 11.6. The summed E-state index contributed by atoms with van der Waals surface area (Å²) < 4.78 is 5.09. The smallest absolute Gasteiger partial charge is 0.139 e. The average Bonchev–Trinajstić information content (AvgIpc) is 2.09. The van der Waals surface area contributed by atoms with Crippen molar-refractivity contribution in [1.82, 2.24) is 0 Å². The van der Waals surface area contributed by atoms with E-state index in [9.17, 15) is 0 Å². The minimum Gasteiger partial charge on any atom is -0.495 e. The van der Waals surface area contributed by atoms with E-state index in [2.05, 4.69) is 0 Å². The first-order valence-corrected chi connectivity index (χ1v) is 5.07. The highest BCUT2D eigenvalue weighted by Gasteiger charge is 2.10. The molecule has 0 saturated carbocycles. The Balaban J connectivity index is 3.08. The molecule has 4 heteroatoms. The molecule has 1 rings (SSSR count). The van der Waals surface area contributed by atoms with E-state index in [1.165, 1.54) is 0 Å². The molecule has 0 amide bonds. The van der Waals surface area contributed by atoms with Crippen LogP contribution in [0.3, 0.4) is 0 Å². The summed E-state index contributed by atoms with van der Waals surface area (Å²) in [5.74, 6) is 0.592. The van der Waals surface area contributed by atoms with Gasteiger partial charge in [0.25, 0.3) is 0 Å². The van der Waals surface area contributed by atoms with Gasteiger partial charge in [-0.3, -0.25) is 0 Å². The Morgan fingerprint density at radius 1 is 1.43 bits per heavy atom. The van der Waals surface area contributed by atoms with Crippen LogP contribution in [0.1, 0.15) is 12.5 Å². The van der Waals surface area contributed by atoms with Gasteiger partial charge in [-0.25, -0.2) is 0 Å². The molecule has 2 N–H and O–H groups in total. The van der Waals surface area contributed by atoms with Crippen LogP contribution in [0.4, 0.5) is 0 Å². The van der Waals surface area contributed by atoms with Crippen LogP contribution in [-0.2, 0) is 6.42 Å². The highest BCUT2D eigenvalue weighted by atomic mass is 35.5. The maximum Gasteiger partial charge on any atom is 0.139 e. The van der Waals surface area contributed by atoms with Gasteiger partial charge in [-0.15, -0.1) is 0 Å². The Morgan fingerprint density at radius 2 is 2.07 bits per heavy atom. The second kappa shape index (κ2) is 4.87. The van der Waals surface area contributed by atoms with E-state index < -0.39 is 0 Å². The fourth-order valence-electron chi connectivity index (χ4n) is 1.26. The molecule has 0 bridgehead atoms. The first-order valence-electron chi connectivity index (χ1n) is 4.32. The van der Waals surface area contributed by atoms with Crippen LogP contribution < -0.4 is 10.5 Å². The summed E-state index contributed by atoms with van der Waals surface area (Å²) >= 11 is 12.0. The fourth-order valence-corrected chi connectivity index (χ4v) is 1.76. The Kier molecular flexibility index (Phi) is 4.05. The minimum absolute atomic E-state index is 0.0515. The van der Waals surface area contributed by atoms with E-state index in [4.69, 9.17) is 33.7 Å². The molecule has 78 valence electrons. The lowest BCUT2D eigenvalue weighted by molar-refractivity contribution is 0.414. The molecule has 0 aromatic heterocycles. The van der Waals surface area contributed by atoms with E-state index in [1.807, 2.05) is 13.0 Å². The summed E-state index contributed by atoms with van der Waals surface area (Å²) in [6.07, 6.45) is 0.690. The van der Waals surface area contributed by atoms with Gasteiger partial charge >= 0.3 is 0 Å². The number of ether oxygens (including phenoxy) is 1. The van der Waals surface area contributed by atoms with E-state index in [0.717, 1.165) is 5.56 Å². The van der Waals surface area contributed by atoms with E-state index >= 15 is 0 Å². The molecule has 0 fully saturated rings. The van der Waals surface area contributed by atoms with Gasteiger partial charge in [-0.2, -0.15) is 0 Å². The molecule has 0 heterocycles. The van der Waals surface area contributed by atoms with Crippen LogP contribution >= 0.6 is 23.2 Å². The largest absolute Gasteiger partial charge is 0.495 e. The van der Waals surface area contributed by atoms with Crippen molar-refractivity contribution in [2.45, 2.75) is 19.4 Å². The summed E-state index contributed by atoms with van der Waals surface area (Å²) in [6, 6.07) is 3.56. The number of nitrogens with two attached hydrogens (primary N) is 1. The Bertz CT molecular complexity index is 326. The number of hydrogen-bond donors (Lipinski definition) is 1. The molecule has 1 atom stereocenters. The maximum atomic E-state index is 6.09. The standard InChI is InChI=1S/C10H13Cl2NO/c1-6(13)3-7-4-8(11)5-9(14-2)10(7)12/h4-6H,3,13H2,1-2H3. The molecular weight excluding hydrogens is 221 g/mol. The normalized spacial score (nSPS) is 12.6. The third-order valence-electron chi connectivity index (χ3n) is 1.84. The lowest BCUT2D eigenvalue weighted by Gasteiger charge is -2.11. The molecule has 1 aromatic carbocycles. The molecule has 1 aromatic rings. The molecule has 0 aliphatic heterocycles. The highest BCUT2D eigenvalue weighted by Crippen LogP contribution is 2.32. The zero-order valence-corrected chi connectivity index (χ0v) is 9.69. The summed E-state index contributed by atoms with van der Waals surface area (Å²) in [6.45, 7) is 1.92. The summed E-state index contributed by atoms with van der Waals surface area (Å²) in [4.78, 5) is 0. The predicted molar refractivity (Wildman–Crippen MR) is 60.4 cm³/mol. The average molecular weight is 234 g/mol. The van der Waals surface area contributed by atoms with Crippen LogP contribution in [0, 0.1) is 0 Å². The maximum absolute atomic E-state index is 6.09. The van der Waals surface area contributed by atoms with Crippen molar-refractivity contribution in [1.29, 1.82) is 0 Å². The predicted octanol–water partition coefficient (Wildman–Crippen LogP) is 2.89. The molecular formula is C10H13Cl2NO. The Morgan fingerprint density at radius 3 is 2.57 bits per heavy atom. The molecule has 0 aliphatic rings. The van der Waals surface area contributed by atoms with Gasteiger partial charge in [-0.1, -0.05) is 23.2 Å². The lowest BCUT2D eigenvalue weighted by atomic mass is 10.1. The number of methoxy groups -OCH3 is 1. The van der Waals surface area contributed by atoms with Gasteiger partial charge in [0.15, 0.2) is 0 Å². The van der Waals surface area contributed by atoms with Gasteiger partial charge in [0.1, 0.15) is 5.75 Å². The van der Waals surface area contributed by atoms with Crippen molar-refractivity contribution in [2.24, 2.45) is 5.73 Å². The van der Waals surface area contributed by atoms with Crippen molar-refractivity contribution in [2.75, 3.05) is 7.11 Å². The molecule has 0 radical (unpaired) electrons. The number of benzene rings is 1. The van der Waals surface area contributed by atoms with E-state index in [1.54, 1.807) is 13.2 Å². The zero-order valence-electron chi connectivity index (χ0n) is 8.18. The first-order chi connectivity index (χ1) is 6.54. The number of hydrogen-bond acceptors (Lipinski definition) is 2. The van der Waals surface area contributed by atoms with Crippen molar-refractivity contribution < 1.29 is 4.74 Å². The van der Waals surface area contributed by atoms with Crippen LogP contribution in [-0.4, -0.2) is 13.2 Å². The topological polar surface area (TPSA) is 35.2 Å². The molecule has 2 nitrogen and oxygen atoms in total. The van der Waals surface area contributed by atoms with Gasteiger partial charge in [0, 0.05) is 17.1 Å². The van der Waals surface area contributed by atoms with Crippen LogP contribution in [0.2, 0.25) is 10.0 Å². The van der Waals surface area contributed by atoms with E-state index in [-0.39, 0.29) is 6.04 Å². The lowest BCUT2D eigenvalue weighted by Crippen LogP contribution is -2.18. The quantitative estimate of drug-likeness (QED) is 0.872. The van der Waals surface area contributed by atoms with Crippen LogP contribution in [0.15, 0.2) is 12.1 Å². The second-order valence-corrected chi connectivity index (χ2v) is 4.08. The molecule has 0 aliphatic carbocycles. The Hall–Kier alpha value is -0.440. The highest BCUT2D eigenvalue weighted by molar-refractivity contribution is 6.34. The molecule has 1 unspecified atom stereocenters. The number of halogens is 2.